The highest BCUT2D eigenvalue weighted by atomic mass is 16.6. The van der Waals surface area contributed by atoms with Crippen molar-refractivity contribution in [2.24, 2.45) is 5.92 Å². The van der Waals surface area contributed by atoms with E-state index in [1.54, 1.807) is 18.2 Å². The van der Waals surface area contributed by atoms with Gasteiger partial charge in [0, 0.05) is 49.4 Å². The Hall–Kier alpha value is -3.14. The van der Waals surface area contributed by atoms with Gasteiger partial charge in [-0.2, -0.15) is 5.26 Å². The Morgan fingerprint density at radius 1 is 1.20 bits per heavy atom. The topological polar surface area (TPSA) is 92.2 Å². The zero-order valence-electron chi connectivity index (χ0n) is 13.5. The third kappa shape index (κ3) is 2.56. The molecule has 2 bridgehead atoms. The lowest BCUT2D eigenvalue weighted by molar-refractivity contribution is -0.384. The minimum absolute atomic E-state index is 0.0358. The molecule has 1 saturated heterocycles. The number of hydrogen-bond acceptors (Lipinski definition) is 5. The summed E-state index contributed by atoms with van der Waals surface area (Å²) in [5, 5.41) is 20.3. The zero-order valence-corrected chi connectivity index (χ0v) is 13.5. The summed E-state index contributed by atoms with van der Waals surface area (Å²) < 4.78 is 1.86. The quantitative estimate of drug-likeness (QED) is 0.619. The van der Waals surface area contributed by atoms with Crippen LogP contribution in [-0.4, -0.2) is 22.6 Å². The molecule has 126 valence electrons. The molecule has 2 aliphatic heterocycles. The zero-order chi connectivity index (χ0) is 17.6. The minimum atomic E-state index is -0.488. The number of benzene rings is 1. The van der Waals surface area contributed by atoms with E-state index in [1.807, 2.05) is 10.6 Å². The molecule has 0 radical (unpaired) electrons. The molecule has 0 N–H and O–H groups in total. The average molecular weight is 336 g/mol. The molecule has 1 fully saturated rings. The molecule has 0 saturated carbocycles. The second-order valence-electron chi connectivity index (χ2n) is 6.67. The van der Waals surface area contributed by atoms with E-state index >= 15 is 0 Å². The van der Waals surface area contributed by atoms with Gasteiger partial charge in [-0.25, -0.2) is 0 Å². The Bertz CT molecular complexity index is 960. The smallest absolute Gasteiger partial charge is 0.270 e. The van der Waals surface area contributed by atoms with Gasteiger partial charge in [0.15, 0.2) is 0 Å². The van der Waals surface area contributed by atoms with Crippen molar-refractivity contribution in [2.75, 3.05) is 18.0 Å². The molecule has 7 nitrogen and oxygen atoms in total. The van der Waals surface area contributed by atoms with Crippen molar-refractivity contribution in [3.63, 3.8) is 0 Å². The van der Waals surface area contributed by atoms with E-state index in [0.717, 1.165) is 24.3 Å². The van der Waals surface area contributed by atoms with Crippen molar-refractivity contribution < 1.29 is 4.92 Å². The molecule has 1 aromatic heterocycles. The van der Waals surface area contributed by atoms with Crippen molar-refractivity contribution in [3.05, 3.63) is 68.1 Å². The van der Waals surface area contributed by atoms with Crippen LogP contribution in [0.25, 0.3) is 0 Å². The summed E-state index contributed by atoms with van der Waals surface area (Å²) >= 11 is 0. The Morgan fingerprint density at radius 3 is 2.80 bits per heavy atom. The molecule has 0 aliphatic carbocycles. The van der Waals surface area contributed by atoms with Crippen molar-refractivity contribution in [1.82, 2.24) is 4.57 Å². The first kappa shape index (κ1) is 15.4. The maximum atomic E-state index is 12.1. The predicted octanol–water partition coefficient (Wildman–Crippen LogP) is 2.25. The lowest BCUT2D eigenvalue weighted by Crippen LogP contribution is -2.47. The maximum absolute atomic E-state index is 12.1. The molecule has 0 amide bonds. The number of nitro groups is 1. The number of aromatic nitrogens is 1. The third-order valence-corrected chi connectivity index (χ3v) is 5.13. The first-order valence-electron chi connectivity index (χ1n) is 8.20. The molecule has 0 spiro atoms. The molecule has 1 aromatic carbocycles. The maximum Gasteiger partial charge on any atom is 0.270 e. The highest BCUT2D eigenvalue weighted by Gasteiger charge is 2.35. The number of pyridine rings is 1. The lowest BCUT2D eigenvalue weighted by atomic mass is 9.82. The number of nitriles is 1. The Morgan fingerprint density at radius 2 is 2.04 bits per heavy atom. The fourth-order valence-corrected chi connectivity index (χ4v) is 4.10. The first-order valence-corrected chi connectivity index (χ1v) is 8.20. The van der Waals surface area contributed by atoms with Crippen LogP contribution in [0.15, 0.2) is 41.2 Å². The van der Waals surface area contributed by atoms with Crippen LogP contribution in [0.4, 0.5) is 11.4 Å². The number of non-ortho nitro benzene ring substituents is 1. The van der Waals surface area contributed by atoms with Crippen LogP contribution in [0.2, 0.25) is 0 Å². The summed E-state index contributed by atoms with van der Waals surface area (Å²) in [6, 6.07) is 11.9. The molecule has 2 aliphatic rings. The van der Waals surface area contributed by atoms with Crippen molar-refractivity contribution >= 4 is 11.4 Å². The number of anilines is 1. The van der Waals surface area contributed by atoms with Crippen LogP contribution >= 0.6 is 0 Å². The van der Waals surface area contributed by atoms with Crippen LogP contribution in [0.1, 0.15) is 23.6 Å². The van der Waals surface area contributed by atoms with E-state index in [2.05, 4.69) is 11.0 Å². The lowest BCUT2D eigenvalue weighted by Gasteiger charge is -2.44. The summed E-state index contributed by atoms with van der Waals surface area (Å²) in [6.07, 6.45) is 1.02. The molecule has 4 rings (SSSR count). The third-order valence-electron chi connectivity index (χ3n) is 5.13. The molecule has 2 unspecified atom stereocenters. The summed E-state index contributed by atoms with van der Waals surface area (Å²) in [4.78, 5) is 24.7. The molecule has 2 atom stereocenters. The Labute approximate surface area is 143 Å². The van der Waals surface area contributed by atoms with Gasteiger partial charge in [-0.15, -0.1) is 0 Å². The summed E-state index contributed by atoms with van der Waals surface area (Å²) in [5.41, 5.74) is 2.05. The van der Waals surface area contributed by atoms with Gasteiger partial charge in [-0.1, -0.05) is 6.07 Å². The second-order valence-corrected chi connectivity index (χ2v) is 6.67. The van der Waals surface area contributed by atoms with Gasteiger partial charge in [-0.05, 0) is 24.5 Å². The van der Waals surface area contributed by atoms with Crippen LogP contribution in [0, 0.1) is 27.4 Å². The van der Waals surface area contributed by atoms with Crippen LogP contribution in [-0.2, 0) is 6.54 Å². The largest absolute Gasteiger partial charge is 0.369 e. The first-order chi connectivity index (χ1) is 12.1. The highest BCUT2D eigenvalue weighted by molar-refractivity contribution is 5.63. The summed E-state index contributed by atoms with van der Waals surface area (Å²) in [6.45, 7) is 2.12. The fourth-order valence-electron chi connectivity index (χ4n) is 4.10. The molecule has 25 heavy (non-hydrogen) atoms. The van der Waals surface area contributed by atoms with Gasteiger partial charge in [-0.3, -0.25) is 14.9 Å². The number of nitrogens with zero attached hydrogens (tertiary/aromatic N) is 4. The summed E-state index contributed by atoms with van der Waals surface area (Å²) in [5.74, 6) is 0.552. The highest BCUT2D eigenvalue weighted by Crippen LogP contribution is 2.38. The van der Waals surface area contributed by atoms with Gasteiger partial charge in [0.25, 0.3) is 11.2 Å². The average Bonchev–Trinajstić information content (AvgIpc) is 2.62. The van der Waals surface area contributed by atoms with Crippen molar-refractivity contribution in [1.29, 1.82) is 5.26 Å². The van der Waals surface area contributed by atoms with Crippen LogP contribution in [0.3, 0.4) is 0 Å². The van der Waals surface area contributed by atoms with Crippen molar-refractivity contribution in [3.8, 4) is 6.07 Å². The summed E-state index contributed by atoms with van der Waals surface area (Å²) in [7, 11) is 0. The van der Waals surface area contributed by atoms with Gasteiger partial charge >= 0.3 is 0 Å². The minimum Gasteiger partial charge on any atom is -0.369 e. The molecule has 2 aromatic rings. The monoisotopic (exact) mass is 336 g/mol. The van der Waals surface area contributed by atoms with E-state index in [9.17, 15) is 20.2 Å². The van der Waals surface area contributed by atoms with Gasteiger partial charge in [0.05, 0.1) is 16.2 Å². The normalized spacial score (nSPS) is 21.3. The van der Waals surface area contributed by atoms with E-state index in [0.29, 0.717) is 24.6 Å². The second kappa shape index (κ2) is 5.74. The molecule has 3 heterocycles. The number of rotatable bonds is 2. The predicted molar refractivity (Wildman–Crippen MR) is 91.6 cm³/mol. The van der Waals surface area contributed by atoms with E-state index in [4.69, 9.17) is 0 Å². The fraction of sp³-hybridized carbons (Fsp3) is 0.333. The van der Waals surface area contributed by atoms with Gasteiger partial charge in [0.1, 0.15) is 6.07 Å². The van der Waals surface area contributed by atoms with E-state index < -0.39 is 4.92 Å². The van der Waals surface area contributed by atoms with Crippen LogP contribution < -0.4 is 10.5 Å². The number of fused-ring (bicyclic) bond motifs is 4. The standard InChI is InChI=1S/C18H16N4O3/c19-8-13-7-15(22(24)25)4-5-16(13)20-9-12-6-14(11-20)17-2-1-3-18(23)21(17)10-12/h1-5,7,12,14H,6,9-11H2. The Kier molecular flexibility index (Phi) is 3.53. The molecule has 7 heteroatoms. The van der Waals surface area contributed by atoms with Gasteiger partial charge < -0.3 is 9.47 Å². The SMILES string of the molecule is N#Cc1cc([N+](=O)[O-])ccc1N1CC2CC(C1)c1cccc(=O)n1C2. The van der Waals surface area contributed by atoms with E-state index in [1.165, 1.54) is 12.1 Å². The number of piperidine rings is 1. The number of hydrogen-bond donors (Lipinski definition) is 0. The molecular formula is C18H16N4O3. The van der Waals surface area contributed by atoms with Gasteiger partial charge in [0.2, 0.25) is 0 Å². The van der Waals surface area contributed by atoms with Crippen LogP contribution in [0.5, 0.6) is 0 Å². The van der Waals surface area contributed by atoms with Crippen molar-refractivity contribution in [2.45, 2.75) is 18.9 Å². The Balaban J connectivity index is 1.70. The number of nitro benzene ring substituents is 1. The van der Waals surface area contributed by atoms with E-state index in [-0.39, 0.29) is 17.2 Å². The molecular weight excluding hydrogens is 320 g/mol.